The van der Waals surface area contributed by atoms with Crippen molar-refractivity contribution in [3.8, 4) is 17.6 Å². The molecular weight excluding hydrogens is 284 g/mol. The van der Waals surface area contributed by atoms with E-state index >= 15 is 0 Å². The molecule has 0 unspecified atom stereocenters. The van der Waals surface area contributed by atoms with Gasteiger partial charge in [-0.05, 0) is 36.2 Å². The highest BCUT2D eigenvalue weighted by molar-refractivity contribution is 6.19. The molecule has 21 heavy (non-hydrogen) atoms. The van der Waals surface area contributed by atoms with E-state index in [9.17, 15) is 0 Å². The average molecular weight is 301 g/mol. The van der Waals surface area contributed by atoms with Crippen molar-refractivity contribution < 1.29 is 9.47 Å². The van der Waals surface area contributed by atoms with Gasteiger partial charge in [0.05, 0.1) is 12.5 Å². The molecule has 0 fully saturated rings. The molecule has 0 amide bonds. The van der Waals surface area contributed by atoms with Gasteiger partial charge in [-0.1, -0.05) is 42.2 Å². The summed E-state index contributed by atoms with van der Waals surface area (Å²) >= 11 is 5.54. The highest BCUT2D eigenvalue weighted by Crippen LogP contribution is 2.18. The number of halogens is 1. The summed E-state index contributed by atoms with van der Waals surface area (Å²) in [6.45, 7) is 2.75. The van der Waals surface area contributed by atoms with Crippen molar-refractivity contribution in [2.24, 2.45) is 0 Å². The van der Waals surface area contributed by atoms with Crippen LogP contribution in [0.15, 0.2) is 48.5 Å². The number of benzene rings is 2. The lowest BCUT2D eigenvalue weighted by Gasteiger charge is -2.10. The second-order valence-electron chi connectivity index (χ2n) is 4.51. The zero-order valence-electron chi connectivity index (χ0n) is 11.9. The standard InChI is InChI=1S/C18H17ClO2/c1-15-12-16(8-5-11-19)9-10-18(15)21-14-20-13-17-6-3-2-4-7-17/h2-4,6-7,9-10,12H,11,13-14H2,1H3. The summed E-state index contributed by atoms with van der Waals surface area (Å²) in [6, 6.07) is 15.8. The molecule has 0 heterocycles. The zero-order chi connectivity index (χ0) is 14.9. The molecule has 2 rings (SSSR count). The zero-order valence-corrected chi connectivity index (χ0v) is 12.7. The maximum Gasteiger partial charge on any atom is 0.189 e. The number of ether oxygens (including phenoxy) is 2. The molecule has 3 heteroatoms. The van der Waals surface area contributed by atoms with Crippen LogP contribution in [-0.2, 0) is 11.3 Å². The Morgan fingerprint density at radius 3 is 2.62 bits per heavy atom. The van der Waals surface area contributed by atoms with Crippen LogP contribution in [0, 0.1) is 18.8 Å². The van der Waals surface area contributed by atoms with Crippen molar-refractivity contribution in [1.29, 1.82) is 0 Å². The number of alkyl halides is 1. The maximum atomic E-state index is 5.62. The first-order chi connectivity index (χ1) is 10.3. The molecule has 2 nitrogen and oxygen atoms in total. The minimum Gasteiger partial charge on any atom is -0.467 e. The second-order valence-corrected chi connectivity index (χ2v) is 4.78. The quantitative estimate of drug-likeness (QED) is 0.358. The summed E-state index contributed by atoms with van der Waals surface area (Å²) in [6.07, 6.45) is 0. The second kappa shape index (κ2) is 8.36. The predicted molar refractivity (Wildman–Crippen MR) is 85.5 cm³/mol. The molecule has 0 aromatic heterocycles. The number of hydrogen-bond donors (Lipinski definition) is 0. The van der Waals surface area contributed by atoms with Gasteiger partial charge in [0.2, 0.25) is 0 Å². The van der Waals surface area contributed by atoms with Crippen molar-refractivity contribution in [2.75, 3.05) is 12.7 Å². The topological polar surface area (TPSA) is 18.5 Å². The van der Waals surface area contributed by atoms with E-state index < -0.39 is 0 Å². The number of rotatable bonds is 5. The fourth-order valence-electron chi connectivity index (χ4n) is 1.86. The molecular formula is C18H17ClO2. The normalized spacial score (nSPS) is 9.81. The minimum atomic E-state index is 0.225. The van der Waals surface area contributed by atoms with Crippen LogP contribution in [0.5, 0.6) is 5.75 Å². The van der Waals surface area contributed by atoms with Crippen LogP contribution < -0.4 is 4.74 Å². The van der Waals surface area contributed by atoms with Crippen molar-refractivity contribution in [3.63, 3.8) is 0 Å². The third kappa shape index (κ3) is 5.15. The molecule has 0 atom stereocenters. The summed E-state index contributed by atoms with van der Waals surface area (Å²) in [7, 11) is 0. The Bertz CT molecular complexity index is 627. The first-order valence-corrected chi connectivity index (χ1v) is 7.23. The third-order valence-electron chi connectivity index (χ3n) is 2.88. The molecule has 0 saturated heterocycles. The van der Waals surface area contributed by atoms with Gasteiger partial charge in [-0.15, -0.1) is 11.6 Å². The van der Waals surface area contributed by atoms with Gasteiger partial charge in [0.1, 0.15) is 5.75 Å². The maximum absolute atomic E-state index is 5.62. The average Bonchev–Trinajstić information content (AvgIpc) is 2.52. The monoisotopic (exact) mass is 300 g/mol. The lowest BCUT2D eigenvalue weighted by Crippen LogP contribution is -2.04. The molecule has 0 saturated carbocycles. The van der Waals surface area contributed by atoms with E-state index in [0.717, 1.165) is 22.4 Å². The van der Waals surface area contributed by atoms with Crippen LogP contribution in [0.1, 0.15) is 16.7 Å². The Morgan fingerprint density at radius 1 is 1.10 bits per heavy atom. The van der Waals surface area contributed by atoms with Gasteiger partial charge in [0, 0.05) is 5.56 Å². The molecule has 0 bridgehead atoms. The SMILES string of the molecule is Cc1cc(C#CCCl)ccc1OCOCc1ccccc1. The smallest absolute Gasteiger partial charge is 0.189 e. The lowest BCUT2D eigenvalue weighted by molar-refractivity contribution is 0.00468. The fraction of sp³-hybridized carbons (Fsp3) is 0.222. The van der Waals surface area contributed by atoms with E-state index in [1.54, 1.807) is 0 Å². The van der Waals surface area contributed by atoms with Crippen LogP contribution in [0.25, 0.3) is 0 Å². The van der Waals surface area contributed by atoms with Gasteiger partial charge in [0.15, 0.2) is 6.79 Å². The first kappa shape index (κ1) is 15.4. The summed E-state index contributed by atoms with van der Waals surface area (Å²) in [5.74, 6) is 6.96. The van der Waals surface area contributed by atoms with Gasteiger partial charge in [-0.3, -0.25) is 0 Å². The molecule has 0 spiro atoms. The third-order valence-corrected chi connectivity index (χ3v) is 3.02. The Balaban J connectivity index is 1.83. The van der Waals surface area contributed by atoms with E-state index in [2.05, 4.69) is 11.8 Å². The highest BCUT2D eigenvalue weighted by Gasteiger charge is 2.00. The summed E-state index contributed by atoms with van der Waals surface area (Å²) in [4.78, 5) is 0. The van der Waals surface area contributed by atoms with Crippen molar-refractivity contribution in [2.45, 2.75) is 13.5 Å². The van der Waals surface area contributed by atoms with Crippen molar-refractivity contribution in [3.05, 3.63) is 65.2 Å². The van der Waals surface area contributed by atoms with Crippen LogP contribution in [0.4, 0.5) is 0 Å². The van der Waals surface area contributed by atoms with Crippen LogP contribution in [0.2, 0.25) is 0 Å². The Morgan fingerprint density at radius 2 is 1.90 bits per heavy atom. The van der Waals surface area contributed by atoms with Gasteiger partial charge in [0.25, 0.3) is 0 Å². The molecule has 108 valence electrons. The molecule has 2 aromatic carbocycles. The first-order valence-electron chi connectivity index (χ1n) is 6.69. The Kier molecular flexibility index (Phi) is 6.15. The van der Waals surface area contributed by atoms with Gasteiger partial charge in [-0.25, -0.2) is 0 Å². The summed E-state index contributed by atoms with van der Waals surface area (Å²) < 4.78 is 11.1. The van der Waals surface area contributed by atoms with Gasteiger partial charge in [-0.2, -0.15) is 0 Å². The lowest BCUT2D eigenvalue weighted by atomic mass is 10.1. The van der Waals surface area contributed by atoms with E-state index in [1.807, 2.05) is 55.5 Å². The van der Waals surface area contributed by atoms with Crippen molar-refractivity contribution in [1.82, 2.24) is 0 Å². The van der Waals surface area contributed by atoms with Gasteiger partial charge >= 0.3 is 0 Å². The van der Waals surface area contributed by atoms with E-state index in [1.165, 1.54) is 0 Å². The largest absolute Gasteiger partial charge is 0.467 e. The molecule has 0 N–H and O–H groups in total. The fourth-order valence-corrected chi connectivity index (χ4v) is 1.93. The van der Waals surface area contributed by atoms with E-state index in [4.69, 9.17) is 21.1 Å². The van der Waals surface area contributed by atoms with E-state index in [0.29, 0.717) is 12.5 Å². The molecule has 0 aliphatic rings. The summed E-state index contributed by atoms with van der Waals surface area (Å²) in [5.41, 5.74) is 3.09. The Hall–Kier alpha value is -1.95. The van der Waals surface area contributed by atoms with Crippen LogP contribution in [-0.4, -0.2) is 12.7 Å². The molecule has 0 radical (unpaired) electrons. The van der Waals surface area contributed by atoms with Crippen LogP contribution in [0.3, 0.4) is 0 Å². The van der Waals surface area contributed by atoms with Crippen LogP contribution >= 0.6 is 11.6 Å². The number of hydrogen-bond acceptors (Lipinski definition) is 2. The highest BCUT2D eigenvalue weighted by atomic mass is 35.5. The predicted octanol–water partition coefficient (Wildman–Crippen LogP) is 4.14. The van der Waals surface area contributed by atoms with Gasteiger partial charge < -0.3 is 9.47 Å². The molecule has 2 aromatic rings. The number of aryl methyl sites for hydroxylation is 1. The summed E-state index contributed by atoms with van der Waals surface area (Å²) in [5, 5.41) is 0. The molecule has 0 aliphatic carbocycles. The van der Waals surface area contributed by atoms with Crippen molar-refractivity contribution >= 4 is 11.6 Å². The molecule has 0 aliphatic heterocycles. The minimum absolute atomic E-state index is 0.225. The van der Waals surface area contributed by atoms with E-state index in [-0.39, 0.29) is 6.79 Å². The Labute approximate surface area is 130 Å².